The Labute approximate surface area is 213 Å². The minimum absolute atomic E-state index is 0.0827. The summed E-state index contributed by atoms with van der Waals surface area (Å²) in [6.07, 6.45) is -8.55. The summed E-state index contributed by atoms with van der Waals surface area (Å²) in [5, 5.41) is 0. The molecule has 1 N–H and O–H groups in total. The van der Waals surface area contributed by atoms with Crippen molar-refractivity contribution in [3.8, 4) is 11.5 Å². The Morgan fingerprint density at radius 3 is 1.70 bits per heavy atom. The summed E-state index contributed by atoms with van der Waals surface area (Å²) in [6.45, 7) is 5.02. The summed E-state index contributed by atoms with van der Waals surface area (Å²) in [6, 6.07) is 14.9. The van der Waals surface area contributed by atoms with Crippen LogP contribution in [0.5, 0.6) is 11.5 Å². The molecule has 0 saturated heterocycles. The van der Waals surface area contributed by atoms with Crippen LogP contribution in [0, 0.1) is 0 Å². The molecule has 2 aromatic carbocycles. The zero-order valence-electron chi connectivity index (χ0n) is 20.0. The van der Waals surface area contributed by atoms with Gasteiger partial charge in [0.25, 0.3) is 0 Å². The molecule has 3 aromatic rings. The highest BCUT2D eigenvalue weighted by atomic mass is 32.2. The summed E-state index contributed by atoms with van der Waals surface area (Å²) in [7, 11) is 0. The number of pyridine rings is 1. The van der Waals surface area contributed by atoms with Gasteiger partial charge in [0.2, 0.25) is 0 Å². The first-order valence-electron chi connectivity index (χ1n) is 10.9. The van der Waals surface area contributed by atoms with Gasteiger partial charge >= 0.3 is 12.7 Å². The van der Waals surface area contributed by atoms with Crippen LogP contribution >= 0.6 is 0 Å². The summed E-state index contributed by atoms with van der Waals surface area (Å²) in [4.78, 5) is 4.29. The number of halogens is 6. The molecule has 0 fully saturated rings. The van der Waals surface area contributed by atoms with Gasteiger partial charge < -0.3 is 14.0 Å². The van der Waals surface area contributed by atoms with Crippen molar-refractivity contribution in [2.45, 2.75) is 50.2 Å². The molecule has 1 heterocycles. The third-order valence-corrected chi connectivity index (χ3v) is 6.76. The van der Waals surface area contributed by atoms with Crippen molar-refractivity contribution in [3.05, 3.63) is 89.7 Å². The highest BCUT2D eigenvalue weighted by Crippen LogP contribution is 2.39. The maximum Gasteiger partial charge on any atom is 0.573 e. The molecule has 0 spiro atoms. The minimum Gasteiger partial charge on any atom is -0.598 e. The predicted molar refractivity (Wildman–Crippen MR) is 126 cm³/mol. The molecule has 1 aromatic heterocycles. The highest BCUT2D eigenvalue weighted by molar-refractivity contribution is 7.90. The number of nitrogens with zero attached hydrogens (tertiary/aromatic N) is 1. The topological polar surface area (TPSA) is 66.4 Å². The molecule has 5 nitrogen and oxygen atoms in total. The van der Waals surface area contributed by atoms with E-state index < -0.39 is 45.9 Å². The number of rotatable bonds is 8. The number of benzene rings is 2. The standard InChI is InChI=1S/C25H24F6N2O3S/c1-22(2,3)37(34)33-23(16-19-10-4-5-13-32-19,17-8-6-11-20(14-17)35-24(26,27)28)18-9-7-12-21(15-18)36-25(29,30)31/h4-15,33H,16H2,1-3H3/t37-/m1/s1. The maximum atomic E-state index is 13.4. The molecule has 0 radical (unpaired) electrons. The second-order valence-electron chi connectivity index (χ2n) is 9.04. The van der Waals surface area contributed by atoms with Gasteiger partial charge in [-0.05, 0) is 68.3 Å². The molecule has 37 heavy (non-hydrogen) atoms. The van der Waals surface area contributed by atoms with Crippen LogP contribution in [0.2, 0.25) is 0 Å². The van der Waals surface area contributed by atoms with E-state index in [1.165, 1.54) is 30.5 Å². The van der Waals surface area contributed by atoms with E-state index in [-0.39, 0.29) is 17.5 Å². The smallest absolute Gasteiger partial charge is 0.573 e. The SMILES string of the molecule is CC(C)(C)[S@@+]([O-])NC(Cc1ccccn1)(c1cccc(OC(F)(F)F)c1)c1cccc(OC(F)(F)F)c1. The van der Waals surface area contributed by atoms with Crippen LogP contribution in [0.25, 0.3) is 0 Å². The average molecular weight is 547 g/mol. The first-order chi connectivity index (χ1) is 17.1. The minimum atomic E-state index is -4.98. The van der Waals surface area contributed by atoms with Crippen molar-refractivity contribution in [1.82, 2.24) is 9.71 Å². The van der Waals surface area contributed by atoms with Gasteiger partial charge in [0.05, 0.1) is 0 Å². The van der Waals surface area contributed by atoms with Crippen LogP contribution in [-0.4, -0.2) is 27.0 Å². The van der Waals surface area contributed by atoms with Crippen molar-refractivity contribution in [2.75, 3.05) is 0 Å². The third kappa shape index (κ3) is 8.01. The van der Waals surface area contributed by atoms with E-state index in [0.29, 0.717) is 5.69 Å². The van der Waals surface area contributed by atoms with Gasteiger partial charge in [-0.3, -0.25) is 4.98 Å². The first kappa shape index (κ1) is 28.6. The fourth-order valence-electron chi connectivity index (χ4n) is 3.53. The van der Waals surface area contributed by atoms with Crippen molar-refractivity contribution in [1.29, 1.82) is 0 Å². The monoisotopic (exact) mass is 546 g/mol. The zero-order chi connectivity index (χ0) is 27.5. The summed E-state index contributed by atoms with van der Waals surface area (Å²) >= 11 is -1.84. The fourth-order valence-corrected chi connectivity index (χ4v) is 4.46. The average Bonchev–Trinajstić information content (AvgIpc) is 2.76. The number of hydrogen-bond acceptors (Lipinski definition) is 5. The molecule has 0 aliphatic carbocycles. The van der Waals surface area contributed by atoms with Crippen molar-refractivity contribution in [2.24, 2.45) is 0 Å². The Morgan fingerprint density at radius 1 is 0.784 bits per heavy atom. The number of alkyl halides is 6. The molecule has 0 saturated carbocycles. The van der Waals surface area contributed by atoms with E-state index in [4.69, 9.17) is 0 Å². The molecule has 0 unspecified atom stereocenters. The summed E-state index contributed by atoms with van der Waals surface area (Å²) in [5.41, 5.74) is -0.865. The second-order valence-corrected chi connectivity index (χ2v) is 11.0. The van der Waals surface area contributed by atoms with Gasteiger partial charge in [0.15, 0.2) is 0 Å². The van der Waals surface area contributed by atoms with Gasteiger partial charge in [-0.1, -0.05) is 30.3 Å². The lowest BCUT2D eigenvalue weighted by atomic mass is 9.79. The number of nitrogens with one attached hydrogen (secondary N) is 1. The highest BCUT2D eigenvalue weighted by Gasteiger charge is 2.44. The Kier molecular flexibility index (Phi) is 8.35. The van der Waals surface area contributed by atoms with Crippen molar-refractivity contribution >= 4 is 11.4 Å². The molecule has 1 atom stereocenters. The lowest BCUT2D eigenvalue weighted by Crippen LogP contribution is -2.53. The Balaban J connectivity index is 2.28. The van der Waals surface area contributed by atoms with Crippen LogP contribution in [0.3, 0.4) is 0 Å². The van der Waals surface area contributed by atoms with Crippen LogP contribution in [0.4, 0.5) is 26.3 Å². The van der Waals surface area contributed by atoms with Crippen LogP contribution < -0.4 is 14.2 Å². The lowest BCUT2D eigenvalue weighted by Gasteiger charge is -2.38. The molecule has 0 bridgehead atoms. The van der Waals surface area contributed by atoms with E-state index >= 15 is 0 Å². The quantitative estimate of drug-likeness (QED) is 0.261. The van der Waals surface area contributed by atoms with Gasteiger partial charge in [0, 0.05) is 29.7 Å². The zero-order valence-corrected chi connectivity index (χ0v) is 20.8. The third-order valence-electron chi connectivity index (χ3n) is 5.12. The largest absolute Gasteiger partial charge is 0.598 e. The summed E-state index contributed by atoms with van der Waals surface area (Å²) < 4.78 is 102. The van der Waals surface area contributed by atoms with Gasteiger partial charge in [-0.15, -0.1) is 31.1 Å². The molecule has 200 valence electrons. The van der Waals surface area contributed by atoms with Crippen molar-refractivity contribution in [3.63, 3.8) is 0 Å². The predicted octanol–water partition coefficient (Wildman–Crippen LogP) is 6.42. The molecule has 3 rings (SSSR count). The van der Waals surface area contributed by atoms with Crippen LogP contribution in [0.15, 0.2) is 72.9 Å². The van der Waals surface area contributed by atoms with E-state index in [9.17, 15) is 30.9 Å². The Morgan fingerprint density at radius 2 is 1.30 bits per heavy atom. The summed E-state index contributed by atoms with van der Waals surface area (Å²) in [5.74, 6) is -1.11. The van der Waals surface area contributed by atoms with Crippen LogP contribution in [0.1, 0.15) is 37.6 Å². The molecular formula is C25H24F6N2O3S. The molecule has 0 amide bonds. The Bertz CT molecular complexity index is 1120. The van der Waals surface area contributed by atoms with E-state index in [1.54, 1.807) is 39.0 Å². The fraction of sp³-hybridized carbons (Fsp3) is 0.320. The lowest BCUT2D eigenvalue weighted by molar-refractivity contribution is -0.275. The van der Waals surface area contributed by atoms with Crippen LogP contribution in [-0.2, 0) is 23.3 Å². The molecular weight excluding hydrogens is 522 g/mol. The van der Waals surface area contributed by atoms with E-state index in [2.05, 4.69) is 19.2 Å². The van der Waals surface area contributed by atoms with Crippen molar-refractivity contribution < 1.29 is 40.4 Å². The van der Waals surface area contributed by atoms with E-state index in [1.807, 2.05) is 0 Å². The Hall–Kier alpha value is -2.96. The van der Waals surface area contributed by atoms with Gasteiger partial charge in [0.1, 0.15) is 21.8 Å². The number of hydrogen-bond donors (Lipinski definition) is 1. The van der Waals surface area contributed by atoms with E-state index in [0.717, 1.165) is 24.3 Å². The van der Waals surface area contributed by atoms with Gasteiger partial charge in [-0.25, -0.2) is 0 Å². The molecule has 12 heteroatoms. The number of ether oxygens (including phenoxy) is 2. The first-order valence-corrected chi connectivity index (χ1v) is 12.0. The second kappa shape index (κ2) is 10.8. The molecule has 0 aliphatic heterocycles. The number of aromatic nitrogens is 1. The van der Waals surface area contributed by atoms with Gasteiger partial charge in [-0.2, -0.15) is 0 Å². The normalized spacial score (nSPS) is 13.8. The maximum absolute atomic E-state index is 13.4. The molecule has 0 aliphatic rings.